The van der Waals surface area contributed by atoms with E-state index in [4.69, 9.17) is 11.6 Å². The average Bonchev–Trinajstić information content (AvgIpc) is 2.97. The van der Waals surface area contributed by atoms with Crippen molar-refractivity contribution in [1.82, 2.24) is 4.57 Å². The molecule has 3 rings (SSSR count). The van der Waals surface area contributed by atoms with Gasteiger partial charge in [-0.3, -0.25) is 4.79 Å². The van der Waals surface area contributed by atoms with Crippen molar-refractivity contribution < 1.29 is 13.2 Å². The maximum absolute atomic E-state index is 12.2. The summed E-state index contributed by atoms with van der Waals surface area (Å²) in [6.07, 6.45) is 8.46. The van der Waals surface area contributed by atoms with Gasteiger partial charge in [0.15, 0.2) is 4.80 Å². The van der Waals surface area contributed by atoms with Crippen LogP contribution in [-0.2, 0) is 21.4 Å². The summed E-state index contributed by atoms with van der Waals surface area (Å²) < 4.78 is 25.4. The molecule has 0 fully saturated rings. The van der Waals surface area contributed by atoms with Crippen LogP contribution in [0.25, 0.3) is 16.3 Å². The molecule has 0 aliphatic rings. The van der Waals surface area contributed by atoms with E-state index in [1.807, 2.05) is 30.3 Å². The molecule has 0 aliphatic carbocycles. The number of aromatic nitrogens is 1. The first kappa shape index (κ1) is 18.8. The van der Waals surface area contributed by atoms with E-state index in [2.05, 4.69) is 10.9 Å². The highest BCUT2D eigenvalue weighted by Crippen LogP contribution is 2.21. The molecule has 8 heteroatoms. The quantitative estimate of drug-likeness (QED) is 0.540. The average molecular weight is 397 g/mol. The normalized spacial score (nSPS) is 12.5. The van der Waals surface area contributed by atoms with Crippen LogP contribution in [0.3, 0.4) is 0 Å². The molecule has 1 amide bonds. The van der Waals surface area contributed by atoms with Gasteiger partial charge < -0.3 is 4.57 Å². The zero-order chi connectivity index (χ0) is 19.4. The van der Waals surface area contributed by atoms with E-state index in [0.29, 0.717) is 15.0 Å². The molecule has 0 bridgehead atoms. The summed E-state index contributed by atoms with van der Waals surface area (Å²) in [4.78, 5) is 16.7. The van der Waals surface area contributed by atoms with Crippen LogP contribution >= 0.6 is 11.3 Å². The van der Waals surface area contributed by atoms with Crippen LogP contribution in [0.5, 0.6) is 0 Å². The summed E-state index contributed by atoms with van der Waals surface area (Å²) in [5.41, 5.74) is 1.57. The first-order valence-electron chi connectivity index (χ1n) is 7.80. The molecular formula is C19H15N3O3S2. The number of fused-ring (bicyclic) bond motifs is 1. The molecule has 0 saturated heterocycles. The second-order valence-corrected chi connectivity index (χ2v) is 8.11. The summed E-state index contributed by atoms with van der Waals surface area (Å²) in [6.45, 7) is 0.198. The molecule has 0 saturated carbocycles. The van der Waals surface area contributed by atoms with Crippen LogP contribution in [0.15, 0.2) is 64.5 Å². The Morgan fingerprint density at radius 2 is 2.00 bits per heavy atom. The van der Waals surface area contributed by atoms with Crippen LogP contribution in [0.4, 0.5) is 0 Å². The van der Waals surface area contributed by atoms with E-state index < -0.39 is 15.9 Å². The third kappa shape index (κ3) is 4.41. The molecule has 3 aromatic rings. The number of carbonyl (C=O) groups is 1. The van der Waals surface area contributed by atoms with Gasteiger partial charge >= 0.3 is 0 Å². The molecule has 0 spiro atoms. The SMILES string of the molecule is C#CCn1c(=NC(=O)C=Cc2ccccc2)sc2cc(S(N)(=O)=O)ccc21. The third-order valence-corrected chi connectivity index (χ3v) is 5.61. The number of terminal acetylenes is 1. The topological polar surface area (TPSA) is 94.5 Å². The van der Waals surface area contributed by atoms with Crippen molar-refractivity contribution in [2.75, 3.05) is 0 Å². The first-order valence-corrected chi connectivity index (χ1v) is 10.2. The Morgan fingerprint density at radius 1 is 1.26 bits per heavy atom. The Balaban J connectivity index is 2.05. The van der Waals surface area contributed by atoms with E-state index in [1.54, 1.807) is 16.7 Å². The summed E-state index contributed by atoms with van der Waals surface area (Å²) in [7, 11) is -3.82. The number of hydrogen-bond acceptors (Lipinski definition) is 4. The fraction of sp³-hybridized carbons (Fsp3) is 0.0526. The van der Waals surface area contributed by atoms with Gasteiger partial charge in [-0.05, 0) is 29.8 Å². The first-order chi connectivity index (χ1) is 12.9. The number of nitrogens with two attached hydrogens (primary N) is 1. The smallest absolute Gasteiger partial charge is 0.272 e. The van der Waals surface area contributed by atoms with Crippen LogP contribution in [0.2, 0.25) is 0 Å². The molecule has 0 unspecified atom stereocenters. The summed E-state index contributed by atoms with van der Waals surface area (Å²) in [5, 5.41) is 5.18. The predicted molar refractivity (Wildman–Crippen MR) is 106 cm³/mol. The van der Waals surface area contributed by atoms with E-state index >= 15 is 0 Å². The molecule has 0 aliphatic heterocycles. The Labute approximate surface area is 160 Å². The number of amides is 1. The minimum atomic E-state index is -3.82. The highest BCUT2D eigenvalue weighted by atomic mass is 32.2. The van der Waals surface area contributed by atoms with Crippen LogP contribution in [0, 0.1) is 12.3 Å². The lowest BCUT2D eigenvalue weighted by Crippen LogP contribution is -2.16. The monoisotopic (exact) mass is 397 g/mol. The third-order valence-electron chi connectivity index (χ3n) is 3.66. The number of rotatable bonds is 4. The van der Waals surface area contributed by atoms with E-state index in [-0.39, 0.29) is 11.4 Å². The molecule has 1 heterocycles. The number of benzene rings is 2. The lowest BCUT2D eigenvalue weighted by molar-refractivity contribution is -0.113. The van der Waals surface area contributed by atoms with E-state index in [9.17, 15) is 13.2 Å². The largest absolute Gasteiger partial charge is 0.305 e. The Hall–Kier alpha value is -2.99. The van der Waals surface area contributed by atoms with Gasteiger partial charge in [0, 0.05) is 6.08 Å². The van der Waals surface area contributed by atoms with Gasteiger partial charge in [-0.1, -0.05) is 47.6 Å². The second-order valence-electron chi connectivity index (χ2n) is 5.54. The number of nitrogens with zero attached hydrogens (tertiary/aromatic N) is 2. The molecule has 136 valence electrons. The molecule has 27 heavy (non-hydrogen) atoms. The summed E-state index contributed by atoms with van der Waals surface area (Å²) in [5.74, 6) is 2.07. The molecular weight excluding hydrogens is 382 g/mol. The fourth-order valence-electron chi connectivity index (χ4n) is 2.42. The molecule has 0 radical (unpaired) electrons. The van der Waals surface area contributed by atoms with Gasteiger partial charge in [-0.2, -0.15) is 4.99 Å². The number of carbonyl (C=O) groups excluding carboxylic acids is 1. The Kier molecular flexibility index (Phi) is 5.37. The Morgan fingerprint density at radius 3 is 2.67 bits per heavy atom. The lowest BCUT2D eigenvalue weighted by atomic mass is 10.2. The summed E-state index contributed by atoms with van der Waals surface area (Å²) >= 11 is 1.17. The minimum Gasteiger partial charge on any atom is -0.305 e. The molecule has 0 atom stereocenters. The van der Waals surface area contributed by atoms with E-state index in [0.717, 1.165) is 5.56 Å². The second kappa shape index (κ2) is 7.72. The summed E-state index contributed by atoms with van der Waals surface area (Å²) in [6, 6.07) is 13.8. The highest BCUT2D eigenvalue weighted by molar-refractivity contribution is 7.89. The standard InChI is InChI=1S/C19H15N3O3S2/c1-2-12-22-16-10-9-15(27(20,24)25)13-17(16)26-19(22)21-18(23)11-8-14-6-4-3-5-7-14/h1,3-11,13H,12H2,(H2,20,24,25). The van der Waals surface area contributed by atoms with Crippen molar-refractivity contribution in [3.8, 4) is 12.3 Å². The van der Waals surface area contributed by atoms with Gasteiger partial charge in [-0.25, -0.2) is 13.6 Å². The zero-order valence-electron chi connectivity index (χ0n) is 14.1. The van der Waals surface area contributed by atoms with Gasteiger partial charge in [-0.15, -0.1) is 6.42 Å². The lowest BCUT2D eigenvalue weighted by Gasteiger charge is -2.01. The maximum Gasteiger partial charge on any atom is 0.272 e. The van der Waals surface area contributed by atoms with Crippen molar-refractivity contribution in [3.63, 3.8) is 0 Å². The van der Waals surface area contributed by atoms with Crippen molar-refractivity contribution in [3.05, 3.63) is 65.0 Å². The number of hydrogen-bond donors (Lipinski definition) is 1. The maximum atomic E-state index is 12.2. The Bertz CT molecular complexity index is 1240. The highest BCUT2D eigenvalue weighted by Gasteiger charge is 2.12. The molecule has 2 aromatic carbocycles. The fourth-order valence-corrected chi connectivity index (χ4v) is 4.11. The van der Waals surface area contributed by atoms with Crippen molar-refractivity contribution in [1.29, 1.82) is 0 Å². The van der Waals surface area contributed by atoms with Gasteiger partial charge in [0.05, 0.1) is 21.7 Å². The van der Waals surface area contributed by atoms with E-state index in [1.165, 1.54) is 29.5 Å². The molecule has 1 aromatic heterocycles. The van der Waals surface area contributed by atoms with Crippen molar-refractivity contribution in [2.45, 2.75) is 11.4 Å². The number of sulfonamides is 1. The zero-order valence-corrected chi connectivity index (χ0v) is 15.7. The predicted octanol–water partition coefficient (Wildman–Crippen LogP) is 2.12. The minimum absolute atomic E-state index is 0.00837. The van der Waals surface area contributed by atoms with Crippen molar-refractivity contribution >= 4 is 43.6 Å². The van der Waals surface area contributed by atoms with Crippen LogP contribution in [0.1, 0.15) is 5.56 Å². The number of thiazole rings is 1. The van der Waals surface area contributed by atoms with Crippen LogP contribution < -0.4 is 9.94 Å². The number of primary sulfonamides is 1. The van der Waals surface area contributed by atoms with Crippen LogP contribution in [-0.4, -0.2) is 18.9 Å². The molecule has 6 nitrogen and oxygen atoms in total. The van der Waals surface area contributed by atoms with Crippen molar-refractivity contribution in [2.24, 2.45) is 10.1 Å². The van der Waals surface area contributed by atoms with Gasteiger partial charge in [0.25, 0.3) is 5.91 Å². The van der Waals surface area contributed by atoms with Gasteiger partial charge in [0.2, 0.25) is 10.0 Å². The molecule has 2 N–H and O–H groups in total. The van der Waals surface area contributed by atoms with Gasteiger partial charge in [0.1, 0.15) is 0 Å².